The number of aromatic nitrogens is 2. The van der Waals surface area contributed by atoms with Crippen molar-refractivity contribution in [2.24, 2.45) is 0 Å². The van der Waals surface area contributed by atoms with Crippen LogP contribution in [-0.4, -0.2) is 15.1 Å². The lowest BCUT2D eigenvalue weighted by Gasteiger charge is -2.08. The fourth-order valence-corrected chi connectivity index (χ4v) is 2.01. The van der Waals surface area contributed by atoms with Crippen LogP contribution in [0, 0.1) is 10.1 Å². The van der Waals surface area contributed by atoms with Crippen LogP contribution in [0.1, 0.15) is 5.56 Å². The largest absolute Gasteiger partial charge is 0.416 e. The molecule has 25 heavy (non-hydrogen) atoms. The summed E-state index contributed by atoms with van der Waals surface area (Å²) in [7, 11) is 0. The molecule has 0 aliphatic carbocycles. The van der Waals surface area contributed by atoms with Crippen molar-refractivity contribution in [3.63, 3.8) is 0 Å². The number of benzene rings is 2. The molecular formula is C15H9F3N4O3. The van der Waals surface area contributed by atoms with Gasteiger partial charge in [-0.05, 0) is 30.3 Å². The molecule has 128 valence electrons. The number of rotatable bonds is 4. The number of nitro groups is 1. The Bertz CT molecular complexity index is 907. The van der Waals surface area contributed by atoms with Crippen molar-refractivity contribution in [1.82, 2.24) is 10.2 Å². The van der Waals surface area contributed by atoms with Gasteiger partial charge in [0.25, 0.3) is 5.69 Å². The van der Waals surface area contributed by atoms with Crippen LogP contribution in [0.15, 0.2) is 52.9 Å². The Morgan fingerprint density at radius 1 is 1.08 bits per heavy atom. The Hall–Kier alpha value is -3.43. The molecule has 3 rings (SSSR count). The van der Waals surface area contributed by atoms with Crippen molar-refractivity contribution in [1.29, 1.82) is 0 Å². The summed E-state index contributed by atoms with van der Waals surface area (Å²) in [6, 6.07) is 9.84. The minimum absolute atomic E-state index is 0.0735. The van der Waals surface area contributed by atoms with Gasteiger partial charge in [-0.15, -0.1) is 5.10 Å². The molecule has 0 aliphatic heterocycles. The molecule has 0 amide bonds. The number of anilines is 2. The van der Waals surface area contributed by atoms with Crippen LogP contribution in [0.5, 0.6) is 0 Å². The number of hydrogen-bond acceptors (Lipinski definition) is 6. The van der Waals surface area contributed by atoms with Gasteiger partial charge in [0.2, 0.25) is 5.89 Å². The van der Waals surface area contributed by atoms with E-state index in [4.69, 9.17) is 4.42 Å². The van der Waals surface area contributed by atoms with E-state index in [-0.39, 0.29) is 23.3 Å². The molecule has 0 atom stereocenters. The van der Waals surface area contributed by atoms with E-state index in [2.05, 4.69) is 15.5 Å². The Morgan fingerprint density at radius 2 is 1.80 bits per heavy atom. The van der Waals surface area contributed by atoms with Gasteiger partial charge in [0.05, 0.1) is 10.5 Å². The number of hydrogen-bond donors (Lipinski definition) is 1. The van der Waals surface area contributed by atoms with Gasteiger partial charge in [0.15, 0.2) is 0 Å². The van der Waals surface area contributed by atoms with Gasteiger partial charge < -0.3 is 9.73 Å². The van der Waals surface area contributed by atoms with Gasteiger partial charge in [-0.1, -0.05) is 11.2 Å². The minimum atomic E-state index is -4.46. The molecular weight excluding hydrogens is 341 g/mol. The highest BCUT2D eigenvalue weighted by molar-refractivity contribution is 5.58. The molecule has 0 unspecified atom stereocenters. The van der Waals surface area contributed by atoms with Gasteiger partial charge in [-0.3, -0.25) is 10.1 Å². The highest BCUT2D eigenvalue weighted by Crippen LogP contribution is 2.31. The maximum Gasteiger partial charge on any atom is 0.416 e. The molecule has 0 radical (unpaired) electrons. The third kappa shape index (κ3) is 3.74. The standard InChI is InChI=1S/C15H9F3N4O3/c16-15(17,18)10-2-1-3-11(8-10)19-14-21-20-13(25-14)9-4-6-12(7-5-9)22(23)24/h1-8H,(H,19,21). The third-order valence-electron chi connectivity index (χ3n) is 3.19. The summed E-state index contributed by atoms with van der Waals surface area (Å²) in [6.07, 6.45) is -4.46. The van der Waals surface area contributed by atoms with Gasteiger partial charge in [0, 0.05) is 23.4 Å². The molecule has 2 aromatic carbocycles. The Morgan fingerprint density at radius 3 is 2.44 bits per heavy atom. The van der Waals surface area contributed by atoms with E-state index in [1.165, 1.54) is 36.4 Å². The van der Waals surface area contributed by atoms with Crippen LogP contribution in [0.4, 0.5) is 30.6 Å². The fraction of sp³-hybridized carbons (Fsp3) is 0.0667. The summed E-state index contributed by atoms with van der Waals surface area (Å²) in [6.45, 7) is 0. The lowest BCUT2D eigenvalue weighted by Crippen LogP contribution is -2.05. The highest BCUT2D eigenvalue weighted by Gasteiger charge is 2.30. The van der Waals surface area contributed by atoms with Crippen molar-refractivity contribution in [2.75, 3.05) is 5.32 Å². The summed E-state index contributed by atoms with van der Waals surface area (Å²) >= 11 is 0. The zero-order valence-electron chi connectivity index (χ0n) is 12.3. The van der Waals surface area contributed by atoms with E-state index in [9.17, 15) is 23.3 Å². The van der Waals surface area contributed by atoms with E-state index in [0.717, 1.165) is 12.1 Å². The second-order valence-electron chi connectivity index (χ2n) is 4.92. The van der Waals surface area contributed by atoms with Gasteiger partial charge in [-0.2, -0.15) is 13.2 Å². The van der Waals surface area contributed by atoms with Crippen LogP contribution >= 0.6 is 0 Å². The van der Waals surface area contributed by atoms with Crippen molar-refractivity contribution >= 4 is 17.4 Å². The fourth-order valence-electron chi connectivity index (χ4n) is 2.01. The van der Waals surface area contributed by atoms with Crippen molar-refractivity contribution in [3.8, 4) is 11.5 Å². The Labute approximate surface area is 138 Å². The first-order valence-corrected chi connectivity index (χ1v) is 6.85. The number of halogens is 3. The zero-order chi connectivity index (χ0) is 18.0. The first-order chi connectivity index (χ1) is 11.8. The van der Waals surface area contributed by atoms with Crippen LogP contribution in [0.3, 0.4) is 0 Å². The first-order valence-electron chi connectivity index (χ1n) is 6.85. The van der Waals surface area contributed by atoms with Crippen LogP contribution < -0.4 is 5.32 Å². The second-order valence-corrected chi connectivity index (χ2v) is 4.92. The van der Waals surface area contributed by atoms with Crippen molar-refractivity contribution in [3.05, 3.63) is 64.2 Å². The van der Waals surface area contributed by atoms with E-state index in [1.54, 1.807) is 0 Å². The summed E-state index contributed by atoms with van der Waals surface area (Å²) in [5, 5.41) is 20.7. The molecule has 7 nitrogen and oxygen atoms in total. The smallest absolute Gasteiger partial charge is 0.403 e. The lowest BCUT2D eigenvalue weighted by atomic mass is 10.2. The number of non-ortho nitro benzene ring substituents is 1. The third-order valence-corrected chi connectivity index (χ3v) is 3.19. The molecule has 0 aliphatic rings. The normalized spacial score (nSPS) is 11.3. The molecule has 0 saturated heterocycles. The molecule has 0 fully saturated rings. The second kappa shape index (κ2) is 6.23. The highest BCUT2D eigenvalue weighted by atomic mass is 19.4. The summed E-state index contributed by atoms with van der Waals surface area (Å²) in [5.74, 6) is 0.0735. The predicted octanol–water partition coefficient (Wildman–Crippen LogP) is 4.41. The molecule has 0 spiro atoms. The number of nitrogens with zero attached hydrogens (tertiary/aromatic N) is 3. The molecule has 0 bridgehead atoms. The predicted molar refractivity (Wildman–Crippen MR) is 81.1 cm³/mol. The number of nitrogens with one attached hydrogen (secondary N) is 1. The van der Waals surface area contributed by atoms with E-state index in [1.807, 2.05) is 0 Å². The van der Waals surface area contributed by atoms with Gasteiger partial charge in [0.1, 0.15) is 0 Å². The average Bonchev–Trinajstić information content (AvgIpc) is 3.03. The van der Waals surface area contributed by atoms with E-state index in [0.29, 0.717) is 5.56 Å². The van der Waals surface area contributed by atoms with E-state index >= 15 is 0 Å². The maximum atomic E-state index is 12.7. The molecule has 3 aromatic rings. The van der Waals surface area contributed by atoms with Crippen molar-refractivity contribution in [2.45, 2.75) is 6.18 Å². The monoisotopic (exact) mass is 350 g/mol. The minimum Gasteiger partial charge on any atom is -0.403 e. The van der Waals surface area contributed by atoms with Crippen LogP contribution in [0.2, 0.25) is 0 Å². The van der Waals surface area contributed by atoms with Crippen LogP contribution in [-0.2, 0) is 6.18 Å². The Kier molecular flexibility index (Phi) is 4.09. The molecule has 1 N–H and O–H groups in total. The average molecular weight is 350 g/mol. The zero-order valence-corrected chi connectivity index (χ0v) is 12.3. The number of nitro benzene ring substituents is 1. The van der Waals surface area contributed by atoms with Crippen molar-refractivity contribution < 1.29 is 22.5 Å². The molecule has 0 saturated carbocycles. The van der Waals surface area contributed by atoms with Gasteiger partial charge in [-0.25, -0.2) is 0 Å². The summed E-state index contributed by atoms with van der Waals surface area (Å²) < 4.78 is 43.4. The molecule has 10 heteroatoms. The number of alkyl halides is 3. The topological polar surface area (TPSA) is 94.1 Å². The lowest BCUT2D eigenvalue weighted by molar-refractivity contribution is -0.384. The van der Waals surface area contributed by atoms with Gasteiger partial charge >= 0.3 is 12.2 Å². The SMILES string of the molecule is O=[N+]([O-])c1ccc(-c2nnc(Nc3cccc(C(F)(F)F)c3)o2)cc1. The quantitative estimate of drug-likeness (QED) is 0.553. The van der Waals surface area contributed by atoms with Crippen LogP contribution in [0.25, 0.3) is 11.5 Å². The first kappa shape index (κ1) is 16.4. The van der Waals surface area contributed by atoms with E-state index < -0.39 is 16.7 Å². The summed E-state index contributed by atoms with van der Waals surface area (Å²) in [4.78, 5) is 10.1. The molecule has 1 aromatic heterocycles. The Balaban J connectivity index is 1.79. The summed E-state index contributed by atoms with van der Waals surface area (Å²) in [5.41, 5.74) is -0.331. The maximum absolute atomic E-state index is 12.7. The molecule has 1 heterocycles.